The van der Waals surface area contributed by atoms with Crippen LogP contribution in [0.4, 0.5) is 0 Å². The van der Waals surface area contributed by atoms with E-state index in [9.17, 15) is 14.9 Å². The Morgan fingerprint density at radius 1 is 1.50 bits per heavy atom. The molecule has 0 saturated heterocycles. The average Bonchev–Trinajstić information content (AvgIpc) is 2.25. The topological polar surface area (TPSA) is 69.4 Å². The van der Waals surface area contributed by atoms with Gasteiger partial charge in [-0.15, -0.1) is 0 Å². The van der Waals surface area contributed by atoms with Gasteiger partial charge in [-0.2, -0.15) is 0 Å². The van der Waals surface area contributed by atoms with Crippen LogP contribution in [0.2, 0.25) is 0 Å². The molecule has 0 aliphatic heterocycles. The van der Waals surface area contributed by atoms with Crippen molar-refractivity contribution < 1.29 is 14.5 Å². The lowest BCUT2D eigenvalue weighted by atomic mass is 10.0. The monoisotopic (exact) mass is 223 g/mol. The molecule has 0 spiro atoms. The number of methoxy groups -OCH3 is 1. The number of hydrogen-bond acceptors (Lipinski definition) is 4. The van der Waals surface area contributed by atoms with Crippen molar-refractivity contribution >= 4 is 5.97 Å². The Morgan fingerprint density at radius 3 is 2.69 bits per heavy atom. The Bertz CT molecular complexity index is 414. The highest BCUT2D eigenvalue weighted by Gasteiger charge is 2.09. The quantitative estimate of drug-likeness (QED) is 0.441. The number of hydrogen-bond donors (Lipinski definition) is 0. The lowest BCUT2D eigenvalue weighted by Crippen LogP contribution is -2.07. The molecule has 86 valence electrons. The fourth-order valence-corrected chi connectivity index (χ4v) is 1.44. The number of rotatable bonds is 4. The van der Waals surface area contributed by atoms with Crippen LogP contribution in [0.25, 0.3) is 0 Å². The number of ether oxygens (including phenoxy) is 1. The van der Waals surface area contributed by atoms with Gasteiger partial charge in [0, 0.05) is 11.3 Å². The third-order valence-electron chi connectivity index (χ3n) is 2.28. The molecule has 0 fully saturated rings. The van der Waals surface area contributed by atoms with Crippen LogP contribution < -0.4 is 0 Å². The molecule has 0 bridgehead atoms. The summed E-state index contributed by atoms with van der Waals surface area (Å²) in [4.78, 5) is 21.1. The van der Waals surface area contributed by atoms with E-state index in [1.54, 1.807) is 25.1 Å². The summed E-state index contributed by atoms with van der Waals surface area (Å²) in [5.74, 6) is -0.390. The molecular weight excluding hydrogens is 210 g/mol. The second kappa shape index (κ2) is 5.25. The maximum absolute atomic E-state index is 11.3. The van der Waals surface area contributed by atoms with Gasteiger partial charge in [0.05, 0.1) is 12.7 Å². The highest BCUT2D eigenvalue weighted by Crippen LogP contribution is 2.12. The van der Waals surface area contributed by atoms with E-state index in [-0.39, 0.29) is 11.5 Å². The van der Waals surface area contributed by atoms with Crippen molar-refractivity contribution in [2.24, 2.45) is 0 Å². The van der Waals surface area contributed by atoms with E-state index < -0.39 is 5.97 Å². The van der Waals surface area contributed by atoms with Gasteiger partial charge in [-0.1, -0.05) is 12.1 Å². The molecule has 0 aliphatic rings. The van der Waals surface area contributed by atoms with Crippen LogP contribution in [0.1, 0.15) is 21.5 Å². The van der Waals surface area contributed by atoms with Crippen molar-refractivity contribution in [3.05, 3.63) is 45.0 Å². The van der Waals surface area contributed by atoms with Crippen molar-refractivity contribution in [2.75, 3.05) is 13.7 Å². The standard InChI is InChI=1S/C11H13NO4/c1-8-7-9(5-6-12(14)15)3-4-10(8)11(13)16-2/h3-4,7H,5-6H2,1-2H3. The minimum absolute atomic E-state index is 0.100. The van der Waals surface area contributed by atoms with Gasteiger partial charge in [-0.3, -0.25) is 10.1 Å². The molecule has 0 amide bonds. The maximum Gasteiger partial charge on any atom is 0.338 e. The molecule has 1 rings (SSSR count). The normalized spacial score (nSPS) is 9.88. The van der Waals surface area contributed by atoms with Crippen LogP contribution in [0.3, 0.4) is 0 Å². The van der Waals surface area contributed by atoms with Gasteiger partial charge in [0.2, 0.25) is 6.54 Å². The molecule has 5 nitrogen and oxygen atoms in total. The Balaban J connectivity index is 2.82. The second-order valence-corrected chi connectivity index (χ2v) is 3.45. The van der Waals surface area contributed by atoms with E-state index in [1.807, 2.05) is 0 Å². The van der Waals surface area contributed by atoms with E-state index in [0.717, 1.165) is 11.1 Å². The predicted octanol–water partition coefficient (Wildman–Crippen LogP) is 1.60. The first kappa shape index (κ1) is 12.2. The van der Waals surface area contributed by atoms with Crippen LogP contribution in [0, 0.1) is 17.0 Å². The zero-order valence-electron chi connectivity index (χ0n) is 9.23. The minimum Gasteiger partial charge on any atom is -0.465 e. The van der Waals surface area contributed by atoms with Crippen LogP contribution in [0.5, 0.6) is 0 Å². The zero-order valence-corrected chi connectivity index (χ0v) is 9.23. The molecule has 0 atom stereocenters. The highest BCUT2D eigenvalue weighted by molar-refractivity contribution is 5.90. The smallest absolute Gasteiger partial charge is 0.338 e. The van der Waals surface area contributed by atoms with Gasteiger partial charge < -0.3 is 4.74 Å². The van der Waals surface area contributed by atoms with E-state index in [2.05, 4.69) is 4.74 Å². The summed E-state index contributed by atoms with van der Waals surface area (Å²) in [5.41, 5.74) is 2.11. The largest absolute Gasteiger partial charge is 0.465 e. The lowest BCUT2D eigenvalue weighted by molar-refractivity contribution is -0.479. The van der Waals surface area contributed by atoms with Crippen molar-refractivity contribution in [2.45, 2.75) is 13.3 Å². The Kier molecular flexibility index (Phi) is 3.99. The lowest BCUT2D eigenvalue weighted by Gasteiger charge is -2.05. The van der Waals surface area contributed by atoms with Gasteiger partial charge in [-0.05, 0) is 24.1 Å². The third kappa shape index (κ3) is 3.05. The van der Waals surface area contributed by atoms with Crippen molar-refractivity contribution in [1.82, 2.24) is 0 Å². The molecule has 0 aromatic heterocycles. The molecule has 5 heteroatoms. The number of carbonyl (C=O) groups is 1. The summed E-state index contributed by atoms with van der Waals surface area (Å²) < 4.78 is 4.61. The molecule has 0 N–H and O–H groups in total. The van der Waals surface area contributed by atoms with E-state index in [4.69, 9.17) is 0 Å². The molecule has 0 heterocycles. The Hall–Kier alpha value is -1.91. The minimum atomic E-state index is -0.390. The number of aryl methyl sites for hydroxylation is 1. The summed E-state index contributed by atoms with van der Waals surface area (Å²) in [6, 6.07) is 5.12. The average molecular weight is 223 g/mol. The number of esters is 1. The molecule has 0 unspecified atom stereocenters. The van der Waals surface area contributed by atoms with E-state index in [0.29, 0.717) is 12.0 Å². The summed E-state index contributed by atoms with van der Waals surface area (Å²) >= 11 is 0. The van der Waals surface area contributed by atoms with Crippen molar-refractivity contribution in [1.29, 1.82) is 0 Å². The van der Waals surface area contributed by atoms with Crippen molar-refractivity contribution in [3.63, 3.8) is 0 Å². The molecule has 1 aromatic rings. The van der Waals surface area contributed by atoms with Crippen LogP contribution >= 0.6 is 0 Å². The first-order valence-corrected chi connectivity index (χ1v) is 4.84. The summed E-state index contributed by atoms with van der Waals surface area (Å²) in [7, 11) is 1.32. The summed E-state index contributed by atoms with van der Waals surface area (Å²) in [6.45, 7) is 1.68. The van der Waals surface area contributed by atoms with Crippen molar-refractivity contribution in [3.8, 4) is 0 Å². The highest BCUT2D eigenvalue weighted by atomic mass is 16.6. The fourth-order valence-electron chi connectivity index (χ4n) is 1.44. The molecule has 0 saturated carbocycles. The molecule has 1 aromatic carbocycles. The summed E-state index contributed by atoms with van der Waals surface area (Å²) in [6.07, 6.45) is 0.370. The first-order valence-electron chi connectivity index (χ1n) is 4.84. The van der Waals surface area contributed by atoms with Gasteiger partial charge in [0.1, 0.15) is 0 Å². The molecule has 0 aliphatic carbocycles. The molecule has 0 radical (unpaired) electrons. The second-order valence-electron chi connectivity index (χ2n) is 3.45. The van der Waals surface area contributed by atoms with Crippen LogP contribution in [-0.4, -0.2) is 24.5 Å². The van der Waals surface area contributed by atoms with Gasteiger partial charge in [0.15, 0.2) is 0 Å². The van der Waals surface area contributed by atoms with E-state index >= 15 is 0 Å². The van der Waals surface area contributed by atoms with E-state index in [1.165, 1.54) is 7.11 Å². The van der Waals surface area contributed by atoms with Gasteiger partial charge >= 0.3 is 5.97 Å². The Morgan fingerprint density at radius 2 is 2.19 bits per heavy atom. The number of benzene rings is 1. The molecule has 16 heavy (non-hydrogen) atoms. The van der Waals surface area contributed by atoms with Crippen LogP contribution in [0.15, 0.2) is 18.2 Å². The SMILES string of the molecule is COC(=O)c1ccc(CC[N+](=O)[O-])cc1C. The zero-order chi connectivity index (χ0) is 12.1. The summed E-state index contributed by atoms with van der Waals surface area (Å²) in [5, 5.41) is 10.2. The first-order chi connectivity index (χ1) is 7.54. The third-order valence-corrected chi connectivity index (χ3v) is 2.28. The molecular formula is C11H13NO4. The maximum atomic E-state index is 11.3. The van der Waals surface area contributed by atoms with Gasteiger partial charge in [-0.25, -0.2) is 4.79 Å². The number of nitrogens with zero attached hydrogens (tertiary/aromatic N) is 1. The fraction of sp³-hybridized carbons (Fsp3) is 0.364. The Labute approximate surface area is 93.2 Å². The van der Waals surface area contributed by atoms with Crippen LogP contribution in [-0.2, 0) is 11.2 Å². The van der Waals surface area contributed by atoms with Gasteiger partial charge in [0.25, 0.3) is 0 Å². The number of nitro groups is 1. The predicted molar refractivity (Wildman–Crippen MR) is 58.1 cm³/mol. The number of carbonyl (C=O) groups excluding carboxylic acids is 1.